The molecule has 1 rings (SSSR count). The number of carbonyl (C=O) groups is 1. The van der Waals surface area contributed by atoms with Crippen molar-refractivity contribution in [1.29, 1.82) is 0 Å². The summed E-state index contributed by atoms with van der Waals surface area (Å²) in [7, 11) is 0. The van der Waals surface area contributed by atoms with E-state index in [2.05, 4.69) is 31.1 Å². The largest absolute Gasteiger partial charge is 0.483 e. The van der Waals surface area contributed by atoms with E-state index in [1.807, 2.05) is 0 Å². The van der Waals surface area contributed by atoms with Crippen LogP contribution in [0.4, 0.5) is 4.39 Å². The van der Waals surface area contributed by atoms with E-state index in [0.29, 0.717) is 30.3 Å². The second kappa shape index (κ2) is 9.13. The van der Waals surface area contributed by atoms with Crippen LogP contribution in [0.25, 0.3) is 0 Å². The van der Waals surface area contributed by atoms with Crippen LogP contribution >= 0.6 is 0 Å². The van der Waals surface area contributed by atoms with E-state index in [9.17, 15) is 9.18 Å². The Labute approximate surface area is 125 Å². The molecule has 21 heavy (non-hydrogen) atoms. The van der Waals surface area contributed by atoms with Gasteiger partial charge in [0, 0.05) is 18.7 Å². The summed E-state index contributed by atoms with van der Waals surface area (Å²) in [6.45, 7) is 9.34. The molecule has 1 aromatic carbocycles. The fourth-order valence-corrected chi connectivity index (χ4v) is 1.70. The van der Waals surface area contributed by atoms with Crippen LogP contribution in [0.5, 0.6) is 5.75 Å². The molecule has 0 saturated carbocycles. The van der Waals surface area contributed by atoms with Gasteiger partial charge < -0.3 is 15.4 Å². The Morgan fingerprint density at radius 1 is 1.48 bits per heavy atom. The third kappa shape index (κ3) is 6.90. The molecule has 2 N–H and O–H groups in total. The van der Waals surface area contributed by atoms with Gasteiger partial charge in [-0.05, 0) is 30.7 Å². The number of ether oxygens (including phenoxy) is 1. The molecule has 116 valence electrons. The van der Waals surface area contributed by atoms with Gasteiger partial charge in [0.15, 0.2) is 6.61 Å². The SMILES string of the molecule is C=CCNC(=O)COc1ccc(F)cc1CNCC(C)C. The third-order valence-electron chi connectivity index (χ3n) is 2.69. The smallest absolute Gasteiger partial charge is 0.258 e. The van der Waals surface area contributed by atoms with Crippen LogP contribution < -0.4 is 15.4 Å². The van der Waals surface area contributed by atoms with E-state index in [4.69, 9.17) is 4.74 Å². The fourth-order valence-electron chi connectivity index (χ4n) is 1.70. The minimum Gasteiger partial charge on any atom is -0.483 e. The Bertz CT molecular complexity index is 475. The Morgan fingerprint density at radius 3 is 2.90 bits per heavy atom. The Hall–Kier alpha value is -1.88. The summed E-state index contributed by atoms with van der Waals surface area (Å²) < 4.78 is 18.8. The molecule has 0 spiro atoms. The zero-order valence-corrected chi connectivity index (χ0v) is 12.6. The van der Waals surface area contributed by atoms with Gasteiger partial charge in [-0.1, -0.05) is 19.9 Å². The first-order valence-electron chi connectivity index (χ1n) is 7.02. The van der Waals surface area contributed by atoms with Crippen LogP contribution in [0.2, 0.25) is 0 Å². The second-order valence-electron chi connectivity index (χ2n) is 5.16. The topological polar surface area (TPSA) is 50.4 Å². The predicted octanol–water partition coefficient (Wildman–Crippen LogP) is 2.25. The first-order valence-corrected chi connectivity index (χ1v) is 7.02. The highest BCUT2D eigenvalue weighted by molar-refractivity contribution is 5.77. The number of carbonyl (C=O) groups excluding carboxylic acids is 1. The Morgan fingerprint density at radius 2 is 2.24 bits per heavy atom. The summed E-state index contributed by atoms with van der Waals surface area (Å²) in [5.74, 6) is 0.467. The maximum atomic E-state index is 13.3. The molecule has 0 atom stereocenters. The lowest BCUT2D eigenvalue weighted by atomic mass is 10.1. The zero-order chi connectivity index (χ0) is 15.7. The van der Waals surface area contributed by atoms with Crippen LogP contribution in [0.3, 0.4) is 0 Å². The molecule has 1 amide bonds. The molecule has 0 saturated heterocycles. The van der Waals surface area contributed by atoms with Gasteiger partial charge in [-0.25, -0.2) is 4.39 Å². The second-order valence-corrected chi connectivity index (χ2v) is 5.16. The van der Waals surface area contributed by atoms with Crippen LogP contribution in [0.15, 0.2) is 30.9 Å². The van der Waals surface area contributed by atoms with Crippen molar-refractivity contribution in [3.05, 3.63) is 42.2 Å². The van der Waals surface area contributed by atoms with Gasteiger partial charge in [-0.3, -0.25) is 4.79 Å². The van der Waals surface area contributed by atoms with Crippen molar-refractivity contribution >= 4 is 5.91 Å². The van der Waals surface area contributed by atoms with E-state index in [-0.39, 0.29) is 18.3 Å². The predicted molar refractivity (Wildman–Crippen MR) is 81.6 cm³/mol. The molecule has 0 heterocycles. The first kappa shape index (κ1) is 17.2. The number of nitrogens with one attached hydrogen (secondary N) is 2. The molecule has 1 aromatic rings. The number of benzene rings is 1. The molecule has 0 aliphatic heterocycles. The number of hydrogen-bond acceptors (Lipinski definition) is 3. The fraction of sp³-hybridized carbons (Fsp3) is 0.438. The van der Waals surface area contributed by atoms with Gasteiger partial charge in [0.2, 0.25) is 0 Å². The molecule has 0 fully saturated rings. The van der Waals surface area contributed by atoms with Gasteiger partial charge in [-0.2, -0.15) is 0 Å². The molecule has 4 nitrogen and oxygen atoms in total. The number of hydrogen-bond donors (Lipinski definition) is 2. The zero-order valence-electron chi connectivity index (χ0n) is 12.6. The molecule has 0 aliphatic rings. The Balaban J connectivity index is 2.59. The standard InChI is InChI=1S/C16H23FN2O2/c1-4-7-19-16(20)11-21-15-6-5-14(17)8-13(15)10-18-9-12(2)3/h4-6,8,12,18H,1,7,9-11H2,2-3H3,(H,19,20). The van der Waals surface area contributed by atoms with Crippen molar-refractivity contribution in [2.75, 3.05) is 19.7 Å². The van der Waals surface area contributed by atoms with Crippen molar-refractivity contribution < 1.29 is 13.9 Å². The lowest BCUT2D eigenvalue weighted by Gasteiger charge is -2.13. The monoisotopic (exact) mass is 294 g/mol. The van der Waals surface area contributed by atoms with Crippen LogP contribution in [0, 0.1) is 11.7 Å². The van der Waals surface area contributed by atoms with Gasteiger partial charge in [0.05, 0.1) is 0 Å². The molecule has 0 unspecified atom stereocenters. The maximum absolute atomic E-state index is 13.3. The quantitative estimate of drug-likeness (QED) is 0.687. The van der Waals surface area contributed by atoms with Crippen molar-refractivity contribution in [2.24, 2.45) is 5.92 Å². The van der Waals surface area contributed by atoms with Crippen molar-refractivity contribution in [1.82, 2.24) is 10.6 Å². The summed E-state index contributed by atoms with van der Waals surface area (Å²) in [6.07, 6.45) is 1.59. The normalized spacial score (nSPS) is 10.5. The van der Waals surface area contributed by atoms with E-state index in [1.165, 1.54) is 12.1 Å². The van der Waals surface area contributed by atoms with Gasteiger partial charge in [0.1, 0.15) is 11.6 Å². The number of halogens is 1. The van der Waals surface area contributed by atoms with Crippen molar-refractivity contribution in [3.63, 3.8) is 0 Å². The van der Waals surface area contributed by atoms with Crippen molar-refractivity contribution in [2.45, 2.75) is 20.4 Å². The summed E-state index contributed by atoms with van der Waals surface area (Å²) in [6, 6.07) is 4.29. The molecular formula is C16H23FN2O2. The van der Waals surface area contributed by atoms with Gasteiger partial charge in [0.25, 0.3) is 5.91 Å². The van der Waals surface area contributed by atoms with Gasteiger partial charge in [-0.15, -0.1) is 6.58 Å². The number of rotatable bonds is 9. The minimum atomic E-state index is -0.320. The summed E-state index contributed by atoms with van der Waals surface area (Å²) in [5.41, 5.74) is 0.701. The Kier molecular flexibility index (Phi) is 7.46. The average molecular weight is 294 g/mol. The van der Waals surface area contributed by atoms with Crippen LogP contribution in [-0.2, 0) is 11.3 Å². The highest BCUT2D eigenvalue weighted by Crippen LogP contribution is 2.19. The van der Waals surface area contributed by atoms with E-state index < -0.39 is 0 Å². The average Bonchev–Trinajstić information content (AvgIpc) is 2.43. The first-order chi connectivity index (χ1) is 10.0. The lowest BCUT2D eigenvalue weighted by Crippen LogP contribution is -2.29. The van der Waals surface area contributed by atoms with E-state index >= 15 is 0 Å². The molecule has 0 bridgehead atoms. The summed E-state index contributed by atoms with van der Waals surface area (Å²) in [5, 5.41) is 5.85. The molecule has 0 radical (unpaired) electrons. The highest BCUT2D eigenvalue weighted by Gasteiger charge is 2.08. The van der Waals surface area contributed by atoms with E-state index in [0.717, 1.165) is 6.54 Å². The van der Waals surface area contributed by atoms with Crippen LogP contribution in [-0.4, -0.2) is 25.6 Å². The minimum absolute atomic E-state index is 0.101. The molecular weight excluding hydrogens is 271 g/mol. The molecule has 0 aromatic heterocycles. The molecule has 0 aliphatic carbocycles. The van der Waals surface area contributed by atoms with E-state index in [1.54, 1.807) is 12.1 Å². The van der Waals surface area contributed by atoms with Crippen LogP contribution in [0.1, 0.15) is 19.4 Å². The molecule has 5 heteroatoms. The van der Waals surface area contributed by atoms with Gasteiger partial charge >= 0.3 is 0 Å². The van der Waals surface area contributed by atoms with Crippen molar-refractivity contribution in [3.8, 4) is 5.75 Å². The number of amides is 1. The summed E-state index contributed by atoms with van der Waals surface area (Å²) in [4.78, 5) is 11.5. The maximum Gasteiger partial charge on any atom is 0.258 e. The summed E-state index contributed by atoms with van der Waals surface area (Å²) >= 11 is 0. The third-order valence-corrected chi connectivity index (χ3v) is 2.69. The lowest BCUT2D eigenvalue weighted by molar-refractivity contribution is -0.122. The highest BCUT2D eigenvalue weighted by atomic mass is 19.1.